The van der Waals surface area contributed by atoms with E-state index in [0.29, 0.717) is 10.9 Å². The van der Waals surface area contributed by atoms with Crippen molar-refractivity contribution >= 4 is 17.6 Å². The van der Waals surface area contributed by atoms with Gasteiger partial charge in [-0.05, 0) is 32.0 Å². The predicted molar refractivity (Wildman–Crippen MR) is 94.6 cm³/mol. The van der Waals surface area contributed by atoms with Crippen molar-refractivity contribution < 1.29 is 45.4 Å². The zero-order valence-electron chi connectivity index (χ0n) is 16.2. The molecular formula is C18H17F6N3O4. The minimum Gasteiger partial charge on any atom is -0.462 e. The normalized spacial score (nSPS) is 13.0. The molecule has 13 heteroatoms. The molecule has 0 aliphatic rings. The van der Waals surface area contributed by atoms with Crippen molar-refractivity contribution in [1.29, 1.82) is 0 Å². The van der Waals surface area contributed by atoms with Crippen LogP contribution in [0.5, 0.6) is 0 Å². The highest BCUT2D eigenvalue weighted by atomic mass is 19.4. The van der Waals surface area contributed by atoms with Crippen LogP contribution in [0.1, 0.15) is 29.9 Å². The van der Waals surface area contributed by atoms with Gasteiger partial charge in [0, 0.05) is 5.69 Å². The van der Waals surface area contributed by atoms with E-state index in [1.54, 1.807) is 0 Å². The van der Waals surface area contributed by atoms with Gasteiger partial charge in [-0.2, -0.15) is 31.4 Å². The number of carbonyl (C=O) groups excluding carboxylic acids is 2. The third-order valence-electron chi connectivity index (χ3n) is 3.76. The maximum Gasteiger partial charge on any atom is 0.434 e. The number of carbonyl (C=O) groups is 2. The second kappa shape index (κ2) is 9.37. The maximum atomic E-state index is 13.6. The fourth-order valence-electron chi connectivity index (χ4n) is 2.43. The zero-order valence-corrected chi connectivity index (χ0v) is 16.2. The van der Waals surface area contributed by atoms with Crippen LogP contribution in [0.25, 0.3) is 5.69 Å². The van der Waals surface area contributed by atoms with Gasteiger partial charge in [-0.1, -0.05) is 6.07 Å². The molecule has 1 heterocycles. The number of esters is 1. The van der Waals surface area contributed by atoms with E-state index in [1.807, 2.05) is 0 Å². The highest BCUT2D eigenvalue weighted by molar-refractivity contribution is 5.94. The first-order chi connectivity index (χ1) is 14.3. The van der Waals surface area contributed by atoms with Gasteiger partial charge < -0.3 is 14.8 Å². The Labute approximate surface area is 171 Å². The van der Waals surface area contributed by atoms with Gasteiger partial charge in [-0.15, -0.1) is 0 Å². The van der Waals surface area contributed by atoms with Gasteiger partial charge >= 0.3 is 18.3 Å². The summed E-state index contributed by atoms with van der Waals surface area (Å²) in [6, 6.07) is 4.93. The van der Waals surface area contributed by atoms with E-state index in [-0.39, 0.29) is 18.0 Å². The lowest BCUT2D eigenvalue weighted by Crippen LogP contribution is -2.31. The van der Waals surface area contributed by atoms with Gasteiger partial charge in [-0.25, -0.2) is 9.48 Å². The van der Waals surface area contributed by atoms with Gasteiger partial charge in [0.25, 0.3) is 5.91 Å². The van der Waals surface area contributed by atoms with Crippen LogP contribution in [0.3, 0.4) is 0 Å². The van der Waals surface area contributed by atoms with Crippen molar-refractivity contribution in [2.45, 2.75) is 32.3 Å². The van der Waals surface area contributed by atoms with Gasteiger partial charge in [0.2, 0.25) is 0 Å². The van der Waals surface area contributed by atoms with E-state index >= 15 is 0 Å². The number of amides is 1. The molecule has 7 nitrogen and oxygen atoms in total. The number of aromatic nitrogens is 2. The van der Waals surface area contributed by atoms with E-state index in [1.165, 1.54) is 25.1 Å². The summed E-state index contributed by atoms with van der Waals surface area (Å²) in [5.41, 5.74) is -2.36. The van der Waals surface area contributed by atoms with Crippen LogP contribution in [0, 0.1) is 0 Å². The Morgan fingerprint density at radius 3 is 2.45 bits per heavy atom. The summed E-state index contributed by atoms with van der Waals surface area (Å²) in [6.45, 7) is 0.741. The summed E-state index contributed by atoms with van der Waals surface area (Å²) in [4.78, 5) is 23.9. The molecule has 0 aliphatic heterocycles. The van der Waals surface area contributed by atoms with E-state index in [4.69, 9.17) is 0 Å². The second-order valence-electron chi connectivity index (χ2n) is 6.14. The molecule has 1 atom stereocenters. The summed E-state index contributed by atoms with van der Waals surface area (Å²) in [7, 11) is 0. The highest BCUT2D eigenvalue weighted by Crippen LogP contribution is 2.34. The number of nitrogens with zero attached hydrogens (tertiary/aromatic N) is 2. The number of nitrogens with one attached hydrogen (secondary N) is 1. The molecule has 0 spiro atoms. The fourth-order valence-corrected chi connectivity index (χ4v) is 2.43. The summed E-state index contributed by atoms with van der Waals surface area (Å²) >= 11 is 0. The largest absolute Gasteiger partial charge is 0.462 e. The first kappa shape index (κ1) is 24.2. The monoisotopic (exact) mass is 453 g/mol. The predicted octanol–water partition coefficient (Wildman–Crippen LogP) is 3.97. The van der Waals surface area contributed by atoms with Crippen LogP contribution in [0.2, 0.25) is 0 Å². The van der Waals surface area contributed by atoms with Crippen molar-refractivity contribution in [3.05, 3.63) is 41.7 Å². The van der Waals surface area contributed by atoms with Crippen molar-refractivity contribution in [3.8, 4) is 5.69 Å². The molecule has 0 fully saturated rings. The highest BCUT2D eigenvalue weighted by Gasteiger charge is 2.41. The Bertz CT molecular complexity index is 939. The molecule has 31 heavy (non-hydrogen) atoms. The molecule has 0 saturated heterocycles. The average Bonchev–Trinajstić information content (AvgIpc) is 3.11. The number of rotatable bonds is 7. The van der Waals surface area contributed by atoms with Gasteiger partial charge in [0.05, 0.1) is 18.5 Å². The lowest BCUT2D eigenvalue weighted by Gasteiger charge is -2.16. The molecule has 2 rings (SSSR count). The van der Waals surface area contributed by atoms with Crippen molar-refractivity contribution in [2.75, 3.05) is 18.5 Å². The van der Waals surface area contributed by atoms with E-state index in [9.17, 15) is 35.9 Å². The Balaban J connectivity index is 2.29. The SMILES string of the molecule is CCOC(=O)c1cnn(-c2cccc(NC(=O)C(C)OCC(F)(F)F)c2)c1C(F)(F)F. The molecule has 1 aromatic heterocycles. The molecule has 0 saturated carbocycles. The van der Waals surface area contributed by atoms with E-state index < -0.39 is 48.2 Å². The summed E-state index contributed by atoms with van der Waals surface area (Å²) < 4.78 is 86.8. The lowest BCUT2D eigenvalue weighted by atomic mass is 10.2. The van der Waals surface area contributed by atoms with Crippen LogP contribution in [0.4, 0.5) is 32.0 Å². The number of hydrogen-bond donors (Lipinski definition) is 1. The van der Waals surface area contributed by atoms with Crippen LogP contribution in [0.15, 0.2) is 30.5 Å². The quantitative estimate of drug-likeness (QED) is 0.507. The Morgan fingerprint density at radius 2 is 1.87 bits per heavy atom. The molecule has 0 radical (unpaired) electrons. The van der Waals surface area contributed by atoms with Crippen LogP contribution >= 0.6 is 0 Å². The zero-order chi connectivity index (χ0) is 23.4. The van der Waals surface area contributed by atoms with Crippen LogP contribution < -0.4 is 5.32 Å². The third kappa shape index (κ3) is 6.44. The van der Waals surface area contributed by atoms with Gasteiger partial charge in [-0.3, -0.25) is 4.79 Å². The Morgan fingerprint density at radius 1 is 1.19 bits per heavy atom. The first-order valence-electron chi connectivity index (χ1n) is 8.75. The van der Waals surface area contributed by atoms with Crippen LogP contribution in [-0.2, 0) is 20.4 Å². The summed E-state index contributed by atoms with van der Waals surface area (Å²) in [5, 5.41) is 5.85. The lowest BCUT2D eigenvalue weighted by molar-refractivity contribution is -0.184. The summed E-state index contributed by atoms with van der Waals surface area (Å²) in [5.74, 6) is -2.15. The Hall–Kier alpha value is -3.09. The minimum absolute atomic E-state index is 0.0220. The molecule has 1 aromatic carbocycles. The number of halogens is 6. The number of hydrogen-bond acceptors (Lipinski definition) is 5. The molecule has 1 amide bonds. The van der Waals surface area contributed by atoms with Crippen molar-refractivity contribution in [2.24, 2.45) is 0 Å². The average molecular weight is 453 g/mol. The number of ether oxygens (including phenoxy) is 2. The minimum atomic E-state index is -4.96. The maximum absolute atomic E-state index is 13.6. The molecule has 0 bridgehead atoms. The fraction of sp³-hybridized carbons (Fsp3) is 0.389. The second-order valence-corrected chi connectivity index (χ2v) is 6.14. The standard InChI is InChI=1S/C18H17F6N3O4/c1-3-30-16(29)13-8-25-27(14(13)18(22,23)24)12-6-4-5-11(7-12)26-15(28)10(2)31-9-17(19,20)21/h4-8,10H,3,9H2,1-2H3,(H,26,28). The van der Waals surface area contributed by atoms with Crippen LogP contribution in [-0.4, -0.2) is 47.2 Å². The smallest absolute Gasteiger partial charge is 0.434 e. The van der Waals surface area contributed by atoms with Gasteiger partial charge in [0.1, 0.15) is 18.3 Å². The Kier molecular flexibility index (Phi) is 7.31. The molecule has 1 unspecified atom stereocenters. The first-order valence-corrected chi connectivity index (χ1v) is 8.75. The van der Waals surface area contributed by atoms with Crippen molar-refractivity contribution in [3.63, 3.8) is 0 Å². The van der Waals surface area contributed by atoms with E-state index in [0.717, 1.165) is 13.0 Å². The topological polar surface area (TPSA) is 82.5 Å². The molecule has 0 aliphatic carbocycles. The molecule has 170 valence electrons. The summed E-state index contributed by atoms with van der Waals surface area (Å²) in [6.07, 6.45) is -10.4. The van der Waals surface area contributed by atoms with Gasteiger partial charge in [0.15, 0.2) is 5.69 Å². The molecule has 2 aromatic rings. The van der Waals surface area contributed by atoms with E-state index in [2.05, 4.69) is 19.9 Å². The number of benzene rings is 1. The molecular weight excluding hydrogens is 436 g/mol. The van der Waals surface area contributed by atoms with Crippen molar-refractivity contribution in [1.82, 2.24) is 9.78 Å². The molecule has 1 N–H and O–H groups in total. The number of alkyl halides is 6. The number of anilines is 1. The third-order valence-corrected chi connectivity index (χ3v) is 3.76.